The average molecular weight is 344 g/mol. The highest BCUT2D eigenvalue weighted by Gasteiger charge is 2.24. The number of nitrogens with zero attached hydrogens (tertiary/aromatic N) is 2. The molecule has 2 aromatic rings. The minimum absolute atomic E-state index is 0.113. The fourth-order valence-corrected chi connectivity index (χ4v) is 3.95. The Kier molecular flexibility index (Phi) is 5.82. The zero-order valence-electron chi connectivity index (χ0n) is 13.9. The Balaban J connectivity index is 1.55. The molecule has 0 spiro atoms. The summed E-state index contributed by atoms with van der Waals surface area (Å²) in [6.07, 6.45) is 4.22. The first-order chi connectivity index (χ1) is 11.7. The van der Waals surface area contributed by atoms with E-state index in [9.17, 15) is 4.79 Å². The standard InChI is InChI=1S/C18H24N4OS/c1-14(15-7-2-3-9-19-15)21-18(23)20-13-16(17-8-6-12-24-17)22-10-4-5-11-22/h2-3,6-9,12,14,16H,4-5,10-11,13H2,1H3,(H2,20,21,23)/t14-,16+/m1/s1. The molecular formula is C18H24N4OS. The van der Waals surface area contributed by atoms with Crippen molar-refractivity contribution >= 4 is 17.4 Å². The molecule has 3 heterocycles. The monoisotopic (exact) mass is 344 g/mol. The van der Waals surface area contributed by atoms with Crippen molar-refractivity contribution in [1.82, 2.24) is 20.5 Å². The molecule has 2 amide bonds. The molecule has 2 aromatic heterocycles. The van der Waals surface area contributed by atoms with E-state index in [1.165, 1.54) is 17.7 Å². The molecule has 24 heavy (non-hydrogen) atoms. The highest BCUT2D eigenvalue weighted by molar-refractivity contribution is 7.10. The molecule has 0 unspecified atom stereocenters. The van der Waals surface area contributed by atoms with E-state index in [-0.39, 0.29) is 18.1 Å². The molecule has 6 heteroatoms. The van der Waals surface area contributed by atoms with E-state index in [1.54, 1.807) is 17.5 Å². The molecule has 5 nitrogen and oxygen atoms in total. The molecule has 0 aromatic carbocycles. The van der Waals surface area contributed by atoms with Gasteiger partial charge < -0.3 is 10.6 Å². The third kappa shape index (κ3) is 4.33. The number of carbonyl (C=O) groups excluding carboxylic acids is 1. The van der Waals surface area contributed by atoms with Crippen LogP contribution in [0.2, 0.25) is 0 Å². The molecule has 0 bridgehead atoms. The van der Waals surface area contributed by atoms with Crippen LogP contribution in [0.5, 0.6) is 0 Å². The molecule has 2 N–H and O–H groups in total. The van der Waals surface area contributed by atoms with E-state index in [0.29, 0.717) is 6.54 Å². The van der Waals surface area contributed by atoms with Gasteiger partial charge in [-0.3, -0.25) is 9.88 Å². The maximum atomic E-state index is 12.3. The molecule has 0 aliphatic carbocycles. The topological polar surface area (TPSA) is 57.3 Å². The normalized spacial score (nSPS) is 17.4. The summed E-state index contributed by atoms with van der Waals surface area (Å²) in [6, 6.07) is 9.96. The predicted octanol–water partition coefficient (Wildman–Crippen LogP) is 3.34. The molecule has 3 rings (SSSR count). The second kappa shape index (κ2) is 8.26. The van der Waals surface area contributed by atoms with Crippen molar-refractivity contribution in [3.8, 4) is 0 Å². The Morgan fingerprint density at radius 3 is 2.79 bits per heavy atom. The SMILES string of the molecule is C[C@@H](NC(=O)NC[C@@H](c1cccs1)N1CCCC1)c1ccccn1. The Morgan fingerprint density at radius 2 is 2.12 bits per heavy atom. The molecule has 2 atom stereocenters. The molecule has 1 fully saturated rings. The average Bonchev–Trinajstić information content (AvgIpc) is 3.30. The van der Waals surface area contributed by atoms with Gasteiger partial charge in [0.05, 0.1) is 17.8 Å². The number of hydrogen-bond acceptors (Lipinski definition) is 4. The summed E-state index contributed by atoms with van der Waals surface area (Å²) < 4.78 is 0. The van der Waals surface area contributed by atoms with Crippen LogP contribution in [-0.4, -0.2) is 35.5 Å². The predicted molar refractivity (Wildman–Crippen MR) is 97.1 cm³/mol. The summed E-state index contributed by atoms with van der Waals surface area (Å²) in [5.41, 5.74) is 0.863. The van der Waals surface area contributed by atoms with Crippen LogP contribution in [0.1, 0.15) is 42.4 Å². The summed E-state index contributed by atoms with van der Waals surface area (Å²) in [6.45, 7) is 4.78. The van der Waals surface area contributed by atoms with Gasteiger partial charge in [-0.05, 0) is 56.4 Å². The number of thiophene rings is 1. The smallest absolute Gasteiger partial charge is 0.315 e. The van der Waals surface area contributed by atoms with E-state index in [0.717, 1.165) is 18.8 Å². The fraction of sp³-hybridized carbons (Fsp3) is 0.444. The van der Waals surface area contributed by atoms with E-state index < -0.39 is 0 Å². The second-order valence-electron chi connectivity index (χ2n) is 6.10. The minimum Gasteiger partial charge on any atom is -0.336 e. The van der Waals surface area contributed by atoms with Gasteiger partial charge in [0.25, 0.3) is 0 Å². The third-order valence-corrected chi connectivity index (χ3v) is 5.36. The fourth-order valence-electron chi connectivity index (χ4n) is 3.09. The van der Waals surface area contributed by atoms with Crippen LogP contribution >= 0.6 is 11.3 Å². The van der Waals surface area contributed by atoms with Crippen LogP contribution in [0.4, 0.5) is 4.79 Å². The van der Waals surface area contributed by atoms with E-state index >= 15 is 0 Å². The molecule has 1 saturated heterocycles. The summed E-state index contributed by atoms with van der Waals surface area (Å²) in [4.78, 5) is 20.3. The van der Waals surface area contributed by atoms with Crippen LogP contribution in [0.3, 0.4) is 0 Å². The molecule has 1 aliphatic rings. The Labute approximate surface area is 147 Å². The van der Waals surface area contributed by atoms with E-state index in [1.807, 2.05) is 25.1 Å². The van der Waals surface area contributed by atoms with Gasteiger partial charge in [0, 0.05) is 17.6 Å². The zero-order valence-corrected chi connectivity index (χ0v) is 14.8. The van der Waals surface area contributed by atoms with Crippen molar-refractivity contribution in [3.63, 3.8) is 0 Å². The summed E-state index contributed by atoms with van der Waals surface area (Å²) in [5, 5.41) is 8.09. The number of urea groups is 1. The van der Waals surface area contributed by atoms with E-state index in [4.69, 9.17) is 0 Å². The number of amides is 2. The Bertz CT molecular complexity index is 626. The van der Waals surface area contributed by atoms with Crippen LogP contribution in [0, 0.1) is 0 Å². The number of aromatic nitrogens is 1. The van der Waals surface area contributed by atoms with Gasteiger partial charge in [-0.1, -0.05) is 12.1 Å². The first kappa shape index (κ1) is 16.9. The van der Waals surface area contributed by atoms with Crippen molar-refractivity contribution in [2.24, 2.45) is 0 Å². The van der Waals surface area contributed by atoms with Gasteiger partial charge in [0.1, 0.15) is 0 Å². The largest absolute Gasteiger partial charge is 0.336 e. The lowest BCUT2D eigenvalue weighted by molar-refractivity contribution is 0.220. The molecule has 1 aliphatic heterocycles. The maximum Gasteiger partial charge on any atom is 0.315 e. The molecule has 0 radical (unpaired) electrons. The number of nitrogens with one attached hydrogen (secondary N) is 2. The Morgan fingerprint density at radius 1 is 1.29 bits per heavy atom. The lowest BCUT2D eigenvalue weighted by Crippen LogP contribution is -2.42. The van der Waals surface area contributed by atoms with Crippen molar-refractivity contribution in [3.05, 3.63) is 52.5 Å². The molecular weight excluding hydrogens is 320 g/mol. The second-order valence-corrected chi connectivity index (χ2v) is 7.08. The Hall–Kier alpha value is -1.92. The minimum atomic E-state index is -0.145. The van der Waals surface area contributed by atoms with Crippen molar-refractivity contribution in [1.29, 1.82) is 0 Å². The number of carbonyl (C=O) groups is 1. The first-order valence-electron chi connectivity index (χ1n) is 8.47. The summed E-state index contributed by atoms with van der Waals surface area (Å²) in [7, 11) is 0. The van der Waals surface area contributed by atoms with Gasteiger partial charge in [0.15, 0.2) is 0 Å². The number of rotatable bonds is 6. The lowest BCUT2D eigenvalue weighted by Gasteiger charge is -2.27. The quantitative estimate of drug-likeness (QED) is 0.845. The summed E-state index contributed by atoms with van der Waals surface area (Å²) in [5.74, 6) is 0. The van der Waals surface area contributed by atoms with Gasteiger partial charge in [0.2, 0.25) is 0 Å². The number of hydrogen-bond donors (Lipinski definition) is 2. The maximum absolute atomic E-state index is 12.3. The van der Waals surface area contributed by atoms with Crippen molar-refractivity contribution in [2.75, 3.05) is 19.6 Å². The number of pyridine rings is 1. The van der Waals surface area contributed by atoms with Crippen LogP contribution in [0.15, 0.2) is 41.9 Å². The van der Waals surface area contributed by atoms with Gasteiger partial charge in [-0.25, -0.2) is 4.79 Å². The molecule has 0 saturated carbocycles. The molecule has 128 valence electrons. The third-order valence-electron chi connectivity index (χ3n) is 4.39. The van der Waals surface area contributed by atoms with Gasteiger partial charge in [-0.15, -0.1) is 11.3 Å². The van der Waals surface area contributed by atoms with Crippen molar-refractivity contribution < 1.29 is 4.79 Å². The first-order valence-corrected chi connectivity index (χ1v) is 9.35. The highest BCUT2D eigenvalue weighted by atomic mass is 32.1. The van der Waals surface area contributed by atoms with Crippen LogP contribution in [-0.2, 0) is 0 Å². The van der Waals surface area contributed by atoms with E-state index in [2.05, 4.69) is 38.0 Å². The zero-order chi connectivity index (χ0) is 16.8. The van der Waals surface area contributed by atoms with Crippen LogP contribution < -0.4 is 10.6 Å². The lowest BCUT2D eigenvalue weighted by atomic mass is 10.2. The summed E-state index contributed by atoms with van der Waals surface area (Å²) >= 11 is 1.76. The number of likely N-dealkylation sites (tertiary alicyclic amines) is 1. The highest BCUT2D eigenvalue weighted by Crippen LogP contribution is 2.27. The van der Waals surface area contributed by atoms with Gasteiger partial charge >= 0.3 is 6.03 Å². The van der Waals surface area contributed by atoms with Gasteiger partial charge in [-0.2, -0.15) is 0 Å². The van der Waals surface area contributed by atoms with Crippen LogP contribution in [0.25, 0.3) is 0 Å². The van der Waals surface area contributed by atoms with Crippen molar-refractivity contribution in [2.45, 2.75) is 31.8 Å².